The zero-order valence-corrected chi connectivity index (χ0v) is 29.8. The predicted molar refractivity (Wildman–Crippen MR) is 225 cm³/mol. The summed E-state index contributed by atoms with van der Waals surface area (Å²) in [6.45, 7) is 7.37. The summed E-state index contributed by atoms with van der Waals surface area (Å²) in [5, 5.41) is 24.5. The van der Waals surface area contributed by atoms with E-state index in [4.69, 9.17) is 11.6 Å². The van der Waals surface area contributed by atoms with E-state index in [2.05, 4.69) is 117 Å². The second-order valence-electron chi connectivity index (χ2n) is 13.7. The highest BCUT2D eigenvalue weighted by Gasteiger charge is 2.23. The monoisotopic (exact) mass is 712 g/mol. The van der Waals surface area contributed by atoms with Gasteiger partial charge in [-0.05, 0) is 95.1 Å². The van der Waals surface area contributed by atoms with Crippen molar-refractivity contribution in [3.63, 3.8) is 0 Å². The van der Waals surface area contributed by atoms with Gasteiger partial charge in [-0.1, -0.05) is 91.0 Å². The molecule has 0 saturated carbocycles. The normalized spacial score (nSPS) is 11.2. The molecule has 6 nitrogen and oxygen atoms in total. The lowest BCUT2D eigenvalue weighted by molar-refractivity contribution is 1.12. The highest BCUT2D eigenvalue weighted by Crippen LogP contribution is 2.42. The summed E-state index contributed by atoms with van der Waals surface area (Å²) in [7, 11) is 0. The summed E-state index contributed by atoms with van der Waals surface area (Å²) >= 11 is 0. The highest BCUT2D eigenvalue weighted by molar-refractivity contribution is 6.12. The summed E-state index contributed by atoms with van der Waals surface area (Å²) in [5.74, 6) is 0. The van der Waals surface area contributed by atoms with Crippen molar-refractivity contribution in [1.29, 1.82) is 10.5 Å². The number of hydrogen-bond donors (Lipinski definition) is 0. The molecular formula is C50H28N6. The van der Waals surface area contributed by atoms with Crippen molar-refractivity contribution in [3.05, 3.63) is 193 Å². The first-order valence-corrected chi connectivity index (χ1v) is 18.2. The molecule has 0 saturated heterocycles. The number of hydrogen-bond acceptors (Lipinski definition) is 3. The van der Waals surface area contributed by atoms with E-state index in [-0.39, 0.29) is 0 Å². The molecule has 56 heavy (non-hydrogen) atoms. The fraction of sp³-hybridized carbons (Fsp3) is 0. The van der Waals surface area contributed by atoms with Crippen molar-refractivity contribution in [2.45, 2.75) is 0 Å². The maximum atomic E-state index is 10.7. The van der Waals surface area contributed by atoms with Crippen LogP contribution in [0, 0.1) is 29.2 Å². The average molecular weight is 713 g/mol. The van der Waals surface area contributed by atoms with E-state index in [1.165, 1.54) is 0 Å². The van der Waals surface area contributed by atoms with Gasteiger partial charge < -0.3 is 9.13 Å². The fourth-order valence-corrected chi connectivity index (χ4v) is 8.13. The molecule has 10 rings (SSSR count). The third kappa shape index (κ3) is 5.05. The molecule has 7 aromatic carbocycles. The summed E-state index contributed by atoms with van der Waals surface area (Å²) < 4.78 is 4.51. The van der Waals surface area contributed by atoms with Crippen LogP contribution in [0.3, 0.4) is 0 Å². The molecule has 258 valence electrons. The minimum atomic E-state index is 0.522. The number of pyridine rings is 1. The standard InChI is InChI=1S/C50H28N6/c1-53-38-23-19-34(20-24-38)36-21-25-45-41(29-36)39-9-2-4-11-43(39)55(45)47-13-6-8-37(31-52)49(47)50-48(14-7-27-54-50)56-44-12-5-3-10-40(44)42-28-35(22-26-46(42)56)33-17-15-32(30-51)16-18-33/h2-29H. The molecule has 3 aromatic heterocycles. The minimum absolute atomic E-state index is 0.522. The van der Waals surface area contributed by atoms with Crippen LogP contribution in [0.1, 0.15) is 11.1 Å². The van der Waals surface area contributed by atoms with E-state index < -0.39 is 0 Å². The lowest BCUT2D eigenvalue weighted by atomic mass is 10.00. The maximum Gasteiger partial charge on any atom is 0.187 e. The van der Waals surface area contributed by atoms with Crippen molar-refractivity contribution in [2.24, 2.45) is 0 Å². The molecule has 3 heterocycles. The molecule has 0 aliphatic rings. The molecule has 6 heteroatoms. The SMILES string of the molecule is [C-]#[N+]c1ccc(-c2ccc3c(c2)c2ccccc2n3-c2cccc(C#N)c2-c2ncccc2-n2c3ccccc3c3cc(-c4ccc(C#N)cc4)ccc32)cc1. The molecule has 0 unspecified atom stereocenters. The predicted octanol–water partition coefficient (Wildman–Crippen LogP) is 12.6. The second kappa shape index (κ2) is 13.0. The smallest absolute Gasteiger partial charge is 0.187 e. The lowest BCUT2D eigenvalue weighted by Crippen LogP contribution is -2.04. The Kier molecular flexibility index (Phi) is 7.53. The number of fused-ring (bicyclic) bond motifs is 6. The van der Waals surface area contributed by atoms with E-state index in [0.717, 1.165) is 82.8 Å². The van der Waals surface area contributed by atoms with Gasteiger partial charge in [0.2, 0.25) is 0 Å². The molecule has 0 N–H and O–H groups in total. The van der Waals surface area contributed by atoms with Gasteiger partial charge in [-0.2, -0.15) is 10.5 Å². The number of benzene rings is 7. The summed E-state index contributed by atoms with van der Waals surface area (Å²) in [4.78, 5) is 8.64. The molecule has 0 aliphatic carbocycles. The maximum absolute atomic E-state index is 10.7. The first-order valence-electron chi connectivity index (χ1n) is 18.2. The third-order valence-corrected chi connectivity index (χ3v) is 10.7. The number of para-hydroxylation sites is 2. The van der Waals surface area contributed by atoms with Crippen molar-refractivity contribution in [2.75, 3.05) is 0 Å². The number of nitrogens with zero attached hydrogens (tertiary/aromatic N) is 6. The van der Waals surface area contributed by atoms with Crippen molar-refractivity contribution in [3.8, 4) is 57.0 Å². The second-order valence-corrected chi connectivity index (χ2v) is 13.7. The Bertz CT molecular complexity index is 3330. The topological polar surface area (TPSA) is 74.7 Å². The highest BCUT2D eigenvalue weighted by atomic mass is 15.0. The Morgan fingerprint density at radius 3 is 1.61 bits per heavy atom. The number of aromatic nitrogens is 3. The summed E-state index contributed by atoms with van der Waals surface area (Å²) in [6.07, 6.45) is 1.80. The van der Waals surface area contributed by atoms with E-state index >= 15 is 0 Å². The first kappa shape index (κ1) is 32.4. The fourth-order valence-electron chi connectivity index (χ4n) is 8.13. The van der Waals surface area contributed by atoms with Crippen LogP contribution in [0.15, 0.2) is 170 Å². The Morgan fingerprint density at radius 2 is 1.02 bits per heavy atom. The Labute approximate surface area is 322 Å². The Hall–Kier alpha value is -8.24. The van der Waals surface area contributed by atoms with E-state index in [1.807, 2.05) is 72.8 Å². The van der Waals surface area contributed by atoms with Gasteiger partial charge in [-0.3, -0.25) is 4.98 Å². The van der Waals surface area contributed by atoms with E-state index in [1.54, 1.807) is 6.20 Å². The quantitative estimate of drug-likeness (QED) is 0.167. The summed E-state index contributed by atoms with van der Waals surface area (Å²) in [6, 6.07) is 59.7. The van der Waals surface area contributed by atoms with Gasteiger partial charge in [-0.25, -0.2) is 4.85 Å². The largest absolute Gasteiger partial charge is 0.309 e. The molecule has 0 atom stereocenters. The summed E-state index contributed by atoms with van der Waals surface area (Å²) in [5.41, 5.74) is 13.2. The van der Waals surface area contributed by atoms with Crippen molar-refractivity contribution >= 4 is 49.3 Å². The van der Waals surface area contributed by atoms with Crippen LogP contribution in [-0.4, -0.2) is 14.1 Å². The van der Waals surface area contributed by atoms with Crippen molar-refractivity contribution < 1.29 is 0 Å². The van der Waals surface area contributed by atoms with Gasteiger partial charge in [0, 0.05) is 33.3 Å². The zero-order chi connectivity index (χ0) is 37.8. The van der Waals surface area contributed by atoms with Crippen LogP contribution in [0.25, 0.3) is 93.3 Å². The first-order chi connectivity index (χ1) is 27.6. The van der Waals surface area contributed by atoms with Crippen LogP contribution in [0.2, 0.25) is 0 Å². The van der Waals surface area contributed by atoms with Crippen molar-refractivity contribution in [1.82, 2.24) is 14.1 Å². The lowest BCUT2D eigenvalue weighted by Gasteiger charge is -2.18. The molecule has 0 spiro atoms. The van der Waals surface area contributed by atoms with Gasteiger partial charge in [0.25, 0.3) is 0 Å². The van der Waals surface area contributed by atoms with Gasteiger partial charge in [0.1, 0.15) is 0 Å². The van der Waals surface area contributed by atoms with Gasteiger partial charge >= 0.3 is 0 Å². The molecule has 0 amide bonds. The molecule has 0 bridgehead atoms. The molecule has 0 aliphatic heterocycles. The Morgan fingerprint density at radius 1 is 0.482 bits per heavy atom. The van der Waals surface area contributed by atoms with Gasteiger partial charge in [-0.15, -0.1) is 0 Å². The molecule has 0 radical (unpaired) electrons. The van der Waals surface area contributed by atoms with E-state index in [9.17, 15) is 10.5 Å². The number of nitriles is 2. The molecule has 0 fully saturated rings. The van der Waals surface area contributed by atoms with Crippen LogP contribution >= 0.6 is 0 Å². The number of rotatable bonds is 5. The van der Waals surface area contributed by atoms with Crippen LogP contribution < -0.4 is 0 Å². The van der Waals surface area contributed by atoms with Gasteiger partial charge in [0.15, 0.2) is 5.69 Å². The minimum Gasteiger partial charge on any atom is -0.309 e. The molecule has 10 aromatic rings. The van der Waals surface area contributed by atoms with Crippen LogP contribution in [0.4, 0.5) is 5.69 Å². The van der Waals surface area contributed by atoms with Gasteiger partial charge in [0.05, 0.1) is 69.0 Å². The van der Waals surface area contributed by atoms with Crippen LogP contribution in [-0.2, 0) is 0 Å². The zero-order valence-electron chi connectivity index (χ0n) is 29.8. The van der Waals surface area contributed by atoms with E-state index in [0.29, 0.717) is 22.5 Å². The molecular weight excluding hydrogens is 685 g/mol. The van der Waals surface area contributed by atoms with Crippen LogP contribution in [0.5, 0.6) is 0 Å². The third-order valence-electron chi connectivity index (χ3n) is 10.7. The average Bonchev–Trinajstić information content (AvgIpc) is 3.78. The Balaban J connectivity index is 1.21.